The summed E-state index contributed by atoms with van der Waals surface area (Å²) in [6, 6.07) is 8.05. The maximum Gasteiger partial charge on any atom is 0.193 e. The number of hydrogen-bond donors (Lipinski definition) is 1. The van der Waals surface area contributed by atoms with Crippen LogP contribution in [0.3, 0.4) is 0 Å². The van der Waals surface area contributed by atoms with Crippen molar-refractivity contribution in [1.29, 1.82) is 0 Å². The second-order valence-corrected chi connectivity index (χ2v) is 5.87. The molecule has 21 heavy (non-hydrogen) atoms. The summed E-state index contributed by atoms with van der Waals surface area (Å²) < 4.78 is 10.7. The molecule has 1 aromatic carbocycles. The smallest absolute Gasteiger partial charge is 0.193 e. The van der Waals surface area contributed by atoms with Gasteiger partial charge in [-0.15, -0.1) is 0 Å². The summed E-state index contributed by atoms with van der Waals surface area (Å²) in [5.74, 6) is 1.79. The van der Waals surface area contributed by atoms with Gasteiger partial charge in [-0.2, -0.15) is 0 Å². The Kier molecular flexibility index (Phi) is 5.07. The molecular weight excluding hydrogens is 266 g/mol. The molecule has 0 saturated carbocycles. The van der Waals surface area contributed by atoms with Crippen molar-refractivity contribution in [1.82, 2.24) is 10.2 Å². The van der Waals surface area contributed by atoms with Gasteiger partial charge in [-0.3, -0.25) is 4.99 Å². The first-order chi connectivity index (χ1) is 10.1. The largest absolute Gasteiger partial charge is 0.496 e. The molecule has 5 nitrogen and oxygen atoms in total. The second-order valence-electron chi connectivity index (χ2n) is 5.87. The molecule has 0 amide bonds. The highest BCUT2D eigenvalue weighted by atomic mass is 16.5. The van der Waals surface area contributed by atoms with Gasteiger partial charge < -0.3 is 19.7 Å². The molecule has 1 heterocycles. The highest BCUT2D eigenvalue weighted by Crippen LogP contribution is 2.25. The molecule has 2 rings (SSSR count). The Morgan fingerprint density at radius 2 is 2.14 bits per heavy atom. The molecule has 1 aliphatic heterocycles. The van der Waals surface area contributed by atoms with E-state index in [4.69, 9.17) is 9.47 Å². The predicted octanol–water partition coefficient (Wildman–Crippen LogP) is 1.74. The minimum Gasteiger partial charge on any atom is -0.496 e. The number of nitrogens with one attached hydrogen (secondary N) is 1. The zero-order chi connectivity index (χ0) is 15.3. The van der Waals surface area contributed by atoms with Crippen molar-refractivity contribution in [2.24, 2.45) is 10.4 Å². The summed E-state index contributed by atoms with van der Waals surface area (Å²) >= 11 is 0. The number of benzene rings is 1. The summed E-state index contributed by atoms with van der Waals surface area (Å²) in [5, 5.41) is 3.42. The topological polar surface area (TPSA) is 46.1 Å². The first-order valence-electron chi connectivity index (χ1n) is 7.19. The Bertz CT molecular complexity index is 498. The number of aliphatic imine (C=N–C) groups is 1. The molecule has 0 radical (unpaired) electrons. The highest BCUT2D eigenvalue weighted by Gasteiger charge is 2.33. The van der Waals surface area contributed by atoms with Gasteiger partial charge in [0.15, 0.2) is 5.96 Å². The maximum atomic E-state index is 5.40. The van der Waals surface area contributed by atoms with Crippen LogP contribution in [0.25, 0.3) is 0 Å². The summed E-state index contributed by atoms with van der Waals surface area (Å²) in [6.45, 7) is 5.46. The minimum atomic E-state index is 0.223. The Morgan fingerprint density at radius 3 is 2.71 bits per heavy atom. The molecule has 116 valence electrons. The van der Waals surface area contributed by atoms with Gasteiger partial charge >= 0.3 is 0 Å². The van der Waals surface area contributed by atoms with Crippen LogP contribution in [0, 0.1) is 5.41 Å². The van der Waals surface area contributed by atoms with E-state index in [0.717, 1.165) is 43.6 Å². The number of nitrogens with zero attached hydrogens (tertiary/aromatic N) is 2. The van der Waals surface area contributed by atoms with Crippen molar-refractivity contribution in [3.8, 4) is 5.75 Å². The molecule has 0 aromatic heterocycles. The number of rotatable bonds is 5. The monoisotopic (exact) mass is 291 g/mol. The molecule has 0 unspecified atom stereocenters. The maximum absolute atomic E-state index is 5.40. The van der Waals surface area contributed by atoms with Crippen LogP contribution in [0.1, 0.15) is 12.5 Å². The zero-order valence-electron chi connectivity index (χ0n) is 13.3. The Hall–Kier alpha value is -1.75. The molecule has 1 aromatic rings. The van der Waals surface area contributed by atoms with E-state index in [-0.39, 0.29) is 5.41 Å². The Morgan fingerprint density at radius 1 is 1.43 bits per heavy atom. The van der Waals surface area contributed by atoms with Crippen molar-refractivity contribution >= 4 is 5.96 Å². The van der Waals surface area contributed by atoms with E-state index in [9.17, 15) is 0 Å². The number of hydrogen-bond acceptors (Lipinski definition) is 3. The third-order valence-electron chi connectivity index (χ3n) is 3.75. The normalized spacial score (nSPS) is 17.0. The van der Waals surface area contributed by atoms with Gasteiger partial charge in [-0.25, -0.2) is 0 Å². The fraction of sp³-hybridized carbons (Fsp3) is 0.562. The number of para-hydroxylation sites is 1. The van der Waals surface area contributed by atoms with Crippen LogP contribution in [0.4, 0.5) is 0 Å². The lowest BCUT2D eigenvalue weighted by Crippen LogP contribution is -2.51. The van der Waals surface area contributed by atoms with Crippen molar-refractivity contribution in [2.45, 2.75) is 13.5 Å². The fourth-order valence-corrected chi connectivity index (χ4v) is 2.39. The summed E-state index contributed by atoms with van der Waals surface area (Å²) in [4.78, 5) is 6.45. The van der Waals surface area contributed by atoms with Crippen molar-refractivity contribution < 1.29 is 9.47 Å². The SMILES string of the molecule is CN=C(NCC1(C)COC1)N(C)Cc1ccccc1OC. The van der Waals surface area contributed by atoms with Gasteiger partial charge in [0.1, 0.15) is 5.75 Å². The van der Waals surface area contributed by atoms with Crippen LogP contribution in [0.5, 0.6) is 5.75 Å². The molecule has 1 aliphatic rings. The third kappa shape index (κ3) is 3.88. The average Bonchev–Trinajstić information content (AvgIpc) is 2.46. The number of guanidine groups is 1. The van der Waals surface area contributed by atoms with E-state index in [1.54, 1.807) is 14.2 Å². The summed E-state index contributed by atoms with van der Waals surface area (Å²) in [5.41, 5.74) is 1.37. The van der Waals surface area contributed by atoms with Gasteiger partial charge in [0, 0.05) is 38.2 Å². The van der Waals surface area contributed by atoms with E-state index in [1.807, 2.05) is 25.2 Å². The van der Waals surface area contributed by atoms with Crippen LogP contribution in [-0.2, 0) is 11.3 Å². The molecule has 0 atom stereocenters. The lowest BCUT2D eigenvalue weighted by atomic mass is 9.89. The van der Waals surface area contributed by atoms with Gasteiger partial charge in [-0.05, 0) is 6.07 Å². The Balaban J connectivity index is 1.95. The standard InChI is InChI=1S/C16H25N3O2/c1-16(11-21-12-16)10-18-15(17-2)19(3)9-13-7-5-6-8-14(13)20-4/h5-8H,9-12H2,1-4H3,(H,17,18). The predicted molar refractivity (Wildman–Crippen MR) is 84.7 cm³/mol. The van der Waals surface area contributed by atoms with Crippen LogP contribution >= 0.6 is 0 Å². The van der Waals surface area contributed by atoms with Crippen LogP contribution in [0.15, 0.2) is 29.3 Å². The quantitative estimate of drug-likeness (QED) is 0.663. The average molecular weight is 291 g/mol. The lowest BCUT2D eigenvalue weighted by Gasteiger charge is -2.39. The number of methoxy groups -OCH3 is 1. The van der Waals surface area contributed by atoms with Crippen LogP contribution in [0.2, 0.25) is 0 Å². The zero-order valence-corrected chi connectivity index (χ0v) is 13.3. The second kappa shape index (κ2) is 6.80. The fourth-order valence-electron chi connectivity index (χ4n) is 2.39. The minimum absolute atomic E-state index is 0.223. The van der Waals surface area contributed by atoms with Gasteiger partial charge in [0.25, 0.3) is 0 Å². The Labute approximate surface area is 127 Å². The summed E-state index contributed by atoms with van der Waals surface area (Å²) in [7, 11) is 5.53. The van der Waals surface area contributed by atoms with E-state index in [2.05, 4.69) is 28.2 Å². The van der Waals surface area contributed by atoms with Gasteiger partial charge in [-0.1, -0.05) is 25.1 Å². The first kappa shape index (κ1) is 15.6. The lowest BCUT2D eigenvalue weighted by molar-refractivity contribution is -0.0972. The molecule has 0 bridgehead atoms. The molecule has 0 aliphatic carbocycles. The molecule has 1 fully saturated rings. The van der Waals surface area contributed by atoms with Gasteiger partial charge in [0.05, 0.1) is 20.3 Å². The van der Waals surface area contributed by atoms with Gasteiger partial charge in [0.2, 0.25) is 0 Å². The van der Waals surface area contributed by atoms with E-state index >= 15 is 0 Å². The van der Waals surface area contributed by atoms with Crippen molar-refractivity contribution in [2.75, 3.05) is 41.0 Å². The molecule has 5 heteroatoms. The highest BCUT2D eigenvalue weighted by molar-refractivity contribution is 5.79. The number of ether oxygens (including phenoxy) is 2. The molecule has 0 spiro atoms. The van der Waals surface area contributed by atoms with Crippen molar-refractivity contribution in [3.05, 3.63) is 29.8 Å². The third-order valence-corrected chi connectivity index (χ3v) is 3.75. The van der Waals surface area contributed by atoms with E-state index in [1.165, 1.54) is 0 Å². The molecular formula is C16H25N3O2. The van der Waals surface area contributed by atoms with Crippen LogP contribution in [-0.4, -0.2) is 51.8 Å². The summed E-state index contributed by atoms with van der Waals surface area (Å²) in [6.07, 6.45) is 0. The molecule has 1 saturated heterocycles. The van der Waals surface area contributed by atoms with Crippen LogP contribution < -0.4 is 10.1 Å². The van der Waals surface area contributed by atoms with Crippen molar-refractivity contribution in [3.63, 3.8) is 0 Å². The first-order valence-corrected chi connectivity index (χ1v) is 7.19. The molecule has 1 N–H and O–H groups in total. The van der Waals surface area contributed by atoms with E-state index in [0.29, 0.717) is 0 Å². The van der Waals surface area contributed by atoms with E-state index < -0.39 is 0 Å².